The molecule has 2 aromatic rings. The lowest BCUT2D eigenvalue weighted by molar-refractivity contribution is -0.137. The van der Waals surface area contributed by atoms with Gasteiger partial charge in [0.2, 0.25) is 0 Å². The van der Waals surface area contributed by atoms with Crippen LogP contribution >= 0.6 is 23.8 Å². The summed E-state index contributed by atoms with van der Waals surface area (Å²) in [6.45, 7) is 1.96. The van der Waals surface area contributed by atoms with E-state index in [0.717, 1.165) is 17.3 Å². The van der Waals surface area contributed by atoms with Crippen molar-refractivity contribution in [2.45, 2.75) is 13.1 Å². The minimum Gasteiger partial charge on any atom is -0.388 e. The molecule has 0 heterocycles. The van der Waals surface area contributed by atoms with Crippen molar-refractivity contribution in [2.75, 3.05) is 23.0 Å². The van der Waals surface area contributed by atoms with E-state index >= 15 is 0 Å². The summed E-state index contributed by atoms with van der Waals surface area (Å²) < 4.78 is 38.6. The number of aryl methyl sites for hydroxylation is 1. The summed E-state index contributed by atoms with van der Waals surface area (Å²) in [5, 5.41) is 8.52. The Balaban J connectivity index is 2.13. The Kier molecular flexibility index (Phi) is 5.56. The molecule has 0 spiro atoms. The minimum atomic E-state index is -4.53. The second-order valence-corrected chi connectivity index (χ2v) is 5.87. The molecule has 3 nitrogen and oxygen atoms in total. The van der Waals surface area contributed by atoms with Gasteiger partial charge in [-0.15, -0.1) is 0 Å². The van der Waals surface area contributed by atoms with Gasteiger partial charge in [0.1, 0.15) is 0 Å². The van der Waals surface area contributed by atoms with Crippen LogP contribution in [0.25, 0.3) is 0 Å². The highest BCUT2D eigenvalue weighted by Crippen LogP contribution is 2.36. The molecule has 24 heavy (non-hydrogen) atoms. The Morgan fingerprint density at radius 3 is 2.21 bits per heavy atom. The van der Waals surface area contributed by atoms with Crippen molar-refractivity contribution < 1.29 is 13.2 Å². The number of benzene rings is 2. The fourth-order valence-electron chi connectivity index (χ4n) is 2.08. The maximum Gasteiger partial charge on any atom is 0.417 e. The number of hydrogen-bond donors (Lipinski definition) is 3. The largest absolute Gasteiger partial charge is 0.417 e. The van der Waals surface area contributed by atoms with Gasteiger partial charge in [0, 0.05) is 24.1 Å². The molecule has 2 rings (SSSR count). The van der Waals surface area contributed by atoms with E-state index in [1.165, 1.54) is 12.1 Å². The van der Waals surface area contributed by atoms with Gasteiger partial charge in [0.05, 0.1) is 10.6 Å². The zero-order valence-corrected chi connectivity index (χ0v) is 14.5. The topological polar surface area (TPSA) is 36.1 Å². The molecule has 128 valence electrons. The predicted molar refractivity (Wildman–Crippen MR) is 97.0 cm³/mol. The highest BCUT2D eigenvalue weighted by atomic mass is 35.5. The molecule has 0 atom stereocenters. The summed E-state index contributed by atoms with van der Waals surface area (Å²) in [4.78, 5) is 0. The third-order valence-corrected chi connectivity index (χ3v) is 3.83. The van der Waals surface area contributed by atoms with Crippen LogP contribution in [0.5, 0.6) is 0 Å². The van der Waals surface area contributed by atoms with Gasteiger partial charge in [0.25, 0.3) is 0 Å². The molecule has 0 fully saturated rings. The summed E-state index contributed by atoms with van der Waals surface area (Å²) in [7, 11) is 1.80. The summed E-state index contributed by atoms with van der Waals surface area (Å²) >= 11 is 10.7. The number of halogens is 4. The smallest absolute Gasteiger partial charge is 0.388 e. The van der Waals surface area contributed by atoms with E-state index in [2.05, 4.69) is 16.0 Å². The Morgan fingerprint density at radius 1 is 1.04 bits per heavy atom. The molecule has 0 aliphatic rings. The van der Waals surface area contributed by atoms with Gasteiger partial charge < -0.3 is 16.0 Å². The second kappa shape index (κ2) is 7.27. The van der Waals surface area contributed by atoms with Crippen molar-refractivity contribution in [3.05, 3.63) is 52.5 Å². The van der Waals surface area contributed by atoms with E-state index in [1.54, 1.807) is 7.05 Å². The molecule has 0 saturated heterocycles. The van der Waals surface area contributed by atoms with E-state index in [0.29, 0.717) is 5.69 Å². The Bertz CT molecular complexity index is 763. The zero-order chi connectivity index (χ0) is 17.9. The number of nitrogens with one attached hydrogen (secondary N) is 3. The maximum atomic E-state index is 12.9. The Hall–Kier alpha value is -1.99. The number of thiocarbonyl (C=S) groups is 1. The number of anilines is 3. The van der Waals surface area contributed by atoms with Gasteiger partial charge in [0.15, 0.2) is 5.11 Å². The van der Waals surface area contributed by atoms with E-state index < -0.39 is 11.7 Å². The third-order valence-electron chi connectivity index (χ3n) is 3.29. The van der Waals surface area contributed by atoms with Crippen LogP contribution in [0, 0.1) is 6.92 Å². The highest BCUT2D eigenvalue weighted by Gasteiger charge is 2.33. The summed E-state index contributed by atoms with van der Waals surface area (Å²) in [6, 6.07) is 9.12. The summed E-state index contributed by atoms with van der Waals surface area (Å²) in [5.74, 6) is 0. The summed E-state index contributed by atoms with van der Waals surface area (Å²) in [5.41, 5.74) is 1.99. The van der Waals surface area contributed by atoms with Gasteiger partial charge in [-0.1, -0.05) is 17.7 Å². The maximum absolute atomic E-state index is 12.9. The molecule has 0 radical (unpaired) electrons. The van der Waals surface area contributed by atoms with Crippen LogP contribution in [-0.2, 0) is 6.18 Å². The van der Waals surface area contributed by atoms with Crippen molar-refractivity contribution in [1.29, 1.82) is 0 Å². The molecule has 0 unspecified atom stereocenters. The minimum absolute atomic E-state index is 0.177. The molecule has 0 bridgehead atoms. The fraction of sp³-hybridized carbons (Fsp3) is 0.188. The third kappa shape index (κ3) is 4.52. The van der Waals surface area contributed by atoms with Crippen LogP contribution in [0.4, 0.5) is 30.2 Å². The summed E-state index contributed by atoms with van der Waals surface area (Å²) in [6.07, 6.45) is -4.53. The van der Waals surface area contributed by atoms with E-state index in [9.17, 15) is 13.2 Å². The van der Waals surface area contributed by atoms with Crippen LogP contribution in [0.1, 0.15) is 11.1 Å². The molecule has 0 saturated carbocycles. The normalized spacial score (nSPS) is 11.1. The zero-order valence-electron chi connectivity index (χ0n) is 12.9. The molecule has 3 N–H and O–H groups in total. The SMILES string of the molecule is CNc1cc(NC(=S)Nc2ccc(Cl)c(C(F)(F)F)c2)ccc1C. The number of alkyl halides is 3. The first-order valence-electron chi connectivity index (χ1n) is 6.94. The Labute approximate surface area is 148 Å². The fourth-order valence-corrected chi connectivity index (χ4v) is 2.54. The van der Waals surface area contributed by atoms with Gasteiger partial charge in [-0.2, -0.15) is 13.2 Å². The molecule has 0 aliphatic carbocycles. The molecule has 0 amide bonds. The molecular weight excluding hydrogens is 359 g/mol. The van der Waals surface area contributed by atoms with Crippen molar-refractivity contribution >= 4 is 46.0 Å². The van der Waals surface area contributed by atoms with Crippen molar-refractivity contribution in [3.63, 3.8) is 0 Å². The van der Waals surface area contributed by atoms with E-state index in [1.807, 2.05) is 25.1 Å². The lowest BCUT2D eigenvalue weighted by atomic mass is 10.2. The average Bonchev–Trinajstić information content (AvgIpc) is 2.50. The number of hydrogen-bond acceptors (Lipinski definition) is 2. The first-order chi connectivity index (χ1) is 11.2. The highest BCUT2D eigenvalue weighted by molar-refractivity contribution is 7.80. The van der Waals surface area contributed by atoms with Gasteiger partial charge in [-0.05, 0) is 55.0 Å². The van der Waals surface area contributed by atoms with E-state index in [4.69, 9.17) is 23.8 Å². The second-order valence-electron chi connectivity index (χ2n) is 5.05. The van der Waals surface area contributed by atoms with Crippen LogP contribution in [0.15, 0.2) is 36.4 Å². The number of rotatable bonds is 3. The molecular formula is C16H15ClF3N3S. The average molecular weight is 374 g/mol. The van der Waals surface area contributed by atoms with Gasteiger partial charge in [-0.3, -0.25) is 0 Å². The first kappa shape index (κ1) is 18.4. The quantitative estimate of drug-likeness (QED) is 0.619. The monoisotopic (exact) mass is 373 g/mol. The van der Waals surface area contributed by atoms with Gasteiger partial charge in [-0.25, -0.2) is 0 Å². The molecule has 2 aromatic carbocycles. The van der Waals surface area contributed by atoms with Crippen molar-refractivity contribution in [1.82, 2.24) is 0 Å². The standard InChI is InChI=1S/C16H15ClF3N3S/c1-9-3-4-11(8-14(9)21-2)23-15(24)22-10-5-6-13(17)12(7-10)16(18,19)20/h3-8,21H,1-2H3,(H2,22,23,24). The molecule has 0 aromatic heterocycles. The Morgan fingerprint density at radius 2 is 1.62 bits per heavy atom. The molecule has 8 heteroatoms. The van der Waals surface area contributed by atoms with E-state index in [-0.39, 0.29) is 15.8 Å². The van der Waals surface area contributed by atoms with Crippen LogP contribution in [0.3, 0.4) is 0 Å². The van der Waals surface area contributed by atoms with Crippen molar-refractivity contribution in [3.8, 4) is 0 Å². The van der Waals surface area contributed by atoms with Crippen LogP contribution < -0.4 is 16.0 Å². The van der Waals surface area contributed by atoms with Crippen molar-refractivity contribution in [2.24, 2.45) is 0 Å². The van der Waals surface area contributed by atoms with Gasteiger partial charge >= 0.3 is 6.18 Å². The first-order valence-corrected chi connectivity index (χ1v) is 7.72. The molecule has 0 aliphatic heterocycles. The van der Waals surface area contributed by atoms with Crippen LogP contribution in [0.2, 0.25) is 5.02 Å². The lowest BCUT2D eigenvalue weighted by Gasteiger charge is -2.15. The predicted octanol–water partition coefficient (Wildman–Crippen LogP) is 5.52. The lowest BCUT2D eigenvalue weighted by Crippen LogP contribution is -2.19. The van der Waals surface area contributed by atoms with Crippen LogP contribution in [-0.4, -0.2) is 12.2 Å².